The van der Waals surface area contributed by atoms with E-state index in [4.69, 9.17) is 0 Å². The fraction of sp³-hybridized carbons (Fsp3) is 0.308. The molecule has 6 heteroatoms. The molecule has 0 aliphatic heterocycles. The summed E-state index contributed by atoms with van der Waals surface area (Å²) in [6, 6.07) is 3.39. The van der Waals surface area contributed by atoms with E-state index < -0.39 is 0 Å². The summed E-state index contributed by atoms with van der Waals surface area (Å²) in [5.74, 6) is 0. The summed E-state index contributed by atoms with van der Waals surface area (Å²) < 4.78 is 1.98. The zero-order chi connectivity index (χ0) is 13.5. The highest BCUT2D eigenvalue weighted by Gasteiger charge is 2.01. The van der Waals surface area contributed by atoms with Gasteiger partial charge in [-0.2, -0.15) is 0 Å². The van der Waals surface area contributed by atoms with E-state index >= 15 is 0 Å². The van der Waals surface area contributed by atoms with E-state index in [2.05, 4.69) is 20.6 Å². The molecule has 0 spiro atoms. The number of carbonyl (C=O) groups is 1. The average Bonchev–Trinajstić information content (AvgIpc) is 2.88. The van der Waals surface area contributed by atoms with E-state index in [1.165, 1.54) is 0 Å². The van der Waals surface area contributed by atoms with Crippen molar-refractivity contribution in [1.29, 1.82) is 0 Å². The molecule has 2 aromatic heterocycles. The van der Waals surface area contributed by atoms with Gasteiger partial charge in [-0.1, -0.05) is 0 Å². The lowest BCUT2D eigenvalue weighted by atomic mass is 10.3. The van der Waals surface area contributed by atoms with E-state index in [1.807, 2.05) is 23.8 Å². The summed E-state index contributed by atoms with van der Waals surface area (Å²) in [4.78, 5) is 19.7. The number of amides is 2. The lowest BCUT2D eigenvalue weighted by Gasteiger charge is -2.08. The third-order valence-corrected chi connectivity index (χ3v) is 2.59. The third kappa shape index (κ3) is 4.42. The van der Waals surface area contributed by atoms with Gasteiger partial charge in [-0.05, 0) is 25.5 Å². The Kier molecular flexibility index (Phi) is 4.49. The van der Waals surface area contributed by atoms with Crippen molar-refractivity contribution in [2.24, 2.45) is 0 Å². The zero-order valence-corrected chi connectivity index (χ0v) is 10.8. The summed E-state index contributed by atoms with van der Waals surface area (Å²) in [6.07, 6.45) is 7.94. The molecule has 0 aliphatic rings. The highest BCUT2D eigenvalue weighted by Crippen LogP contribution is 2.06. The number of aromatic nitrogens is 3. The molecule has 0 aliphatic carbocycles. The lowest BCUT2D eigenvalue weighted by Crippen LogP contribution is -2.30. The van der Waals surface area contributed by atoms with E-state index in [0.717, 1.165) is 24.3 Å². The molecule has 2 amide bonds. The Morgan fingerprint density at radius 3 is 3.05 bits per heavy atom. The molecule has 2 rings (SSSR count). The van der Waals surface area contributed by atoms with Crippen LogP contribution in [0.15, 0.2) is 37.1 Å². The number of pyridine rings is 1. The molecule has 2 aromatic rings. The van der Waals surface area contributed by atoms with Gasteiger partial charge in [0.25, 0.3) is 0 Å². The second kappa shape index (κ2) is 6.53. The van der Waals surface area contributed by atoms with Gasteiger partial charge < -0.3 is 15.2 Å². The van der Waals surface area contributed by atoms with Gasteiger partial charge in [0.05, 0.1) is 6.33 Å². The van der Waals surface area contributed by atoms with Gasteiger partial charge in [0.2, 0.25) is 0 Å². The van der Waals surface area contributed by atoms with E-state index in [9.17, 15) is 4.79 Å². The van der Waals surface area contributed by atoms with Crippen molar-refractivity contribution in [3.8, 4) is 0 Å². The zero-order valence-electron chi connectivity index (χ0n) is 10.8. The topological polar surface area (TPSA) is 71.8 Å². The first-order valence-corrected chi connectivity index (χ1v) is 6.17. The maximum Gasteiger partial charge on any atom is 0.319 e. The van der Waals surface area contributed by atoms with Crippen molar-refractivity contribution >= 4 is 11.7 Å². The van der Waals surface area contributed by atoms with Crippen molar-refractivity contribution in [3.63, 3.8) is 0 Å². The number of anilines is 1. The van der Waals surface area contributed by atoms with Crippen LogP contribution in [0.25, 0.3) is 0 Å². The molecule has 0 radical (unpaired) electrons. The molecule has 0 unspecified atom stereocenters. The second-order valence-corrected chi connectivity index (χ2v) is 4.22. The standard InChI is InChI=1S/C13H17N5O/c1-11-9-12(3-5-15-11)17-13(19)16-4-2-7-18-8-6-14-10-18/h3,5-6,8-10H,2,4,7H2,1H3,(H2,15,16,17,19). The van der Waals surface area contributed by atoms with Gasteiger partial charge in [-0.3, -0.25) is 4.98 Å². The molecule has 0 bridgehead atoms. The van der Waals surface area contributed by atoms with Crippen molar-refractivity contribution in [1.82, 2.24) is 19.9 Å². The fourth-order valence-electron chi connectivity index (χ4n) is 1.68. The minimum absolute atomic E-state index is 0.198. The van der Waals surface area contributed by atoms with Crippen molar-refractivity contribution in [2.75, 3.05) is 11.9 Å². The molecule has 2 N–H and O–H groups in total. The molecular weight excluding hydrogens is 242 g/mol. The number of nitrogens with one attached hydrogen (secondary N) is 2. The Balaban J connectivity index is 1.67. The number of nitrogens with zero attached hydrogens (tertiary/aromatic N) is 3. The normalized spacial score (nSPS) is 10.2. The minimum Gasteiger partial charge on any atom is -0.338 e. The summed E-state index contributed by atoms with van der Waals surface area (Å²) >= 11 is 0. The number of urea groups is 1. The Morgan fingerprint density at radius 2 is 2.32 bits per heavy atom. The van der Waals surface area contributed by atoms with Crippen molar-refractivity contribution < 1.29 is 4.79 Å². The number of carbonyl (C=O) groups excluding carboxylic acids is 1. The Hall–Kier alpha value is -2.37. The Labute approximate surface area is 111 Å². The van der Waals surface area contributed by atoms with Crippen LogP contribution >= 0.6 is 0 Å². The number of hydrogen-bond donors (Lipinski definition) is 2. The van der Waals surface area contributed by atoms with Gasteiger partial charge in [0.15, 0.2) is 0 Å². The van der Waals surface area contributed by atoms with Crippen molar-refractivity contribution in [2.45, 2.75) is 19.9 Å². The van der Waals surface area contributed by atoms with E-state index in [0.29, 0.717) is 6.54 Å². The molecule has 19 heavy (non-hydrogen) atoms. The second-order valence-electron chi connectivity index (χ2n) is 4.22. The summed E-state index contributed by atoms with van der Waals surface area (Å²) in [5, 5.41) is 5.58. The smallest absolute Gasteiger partial charge is 0.319 e. The summed E-state index contributed by atoms with van der Waals surface area (Å²) in [6.45, 7) is 3.34. The molecule has 2 heterocycles. The van der Waals surface area contributed by atoms with Gasteiger partial charge in [0, 0.05) is 43.1 Å². The van der Waals surface area contributed by atoms with Crippen LogP contribution in [0.3, 0.4) is 0 Å². The monoisotopic (exact) mass is 259 g/mol. The van der Waals surface area contributed by atoms with E-state index in [-0.39, 0.29) is 6.03 Å². The van der Waals surface area contributed by atoms with Crippen LogP contribution in [0, 0.1) is 6.92 Å². The first-order valence-electron chi connectivity index (χ1n) is 6.17. The van der Waals surface area contributed by atoms with Gasteiger partial charge in [0.1, 0.15) is 0 Å². The predicted molar refractivity (Wildman–Crippen MR) is 72.8 cm³/mol. The van der Waals surface area contributed by atoms with Crippen LogP contribution in [-0.4, -0.2) is 27.1 Å². The van der Waals surface area contributed by atoms with Gasteiger partial charge in [-0.25, -0.2) is 9.78 Å². The average molecular weight is 259 g/mol. The van der Waals surface area contributed by atoms with Gasteiger partial charge >= 0.3 is 6.03 Å². The van der Waals surface area contributed by atoms with Crippen LogP contribution in [0.1, 0.15) is 12.1 Å². The largest absolute Gasteiger partial charge is 0.338 e. The van der Waals surface area contributed by atoms with Crippen LogP contribution in [0.2, 0.25) is 0 Å². The van der Waals surface area contributed by atoms with Crippen LogP contribution in [0.5, 0.6) is 0 Å². The quantitative estimate of drug-likeness (QED) is 0.804. The predicted octanol–water partition coefficient (Wildman–Crippen LogP) is 1.80. The highest BCUT2D eigenvalue weighted by atomic mass is 16.2. The SMILES string of the molecule is Cc1cc(NC(=O)NCCCn2ccnc2)ccn1. The highest BCUT2D eigenvalue weighted by molar-refractivity contribution is 5.89. The first kappa shape index (κ1) is 13.1. The summed E-state index contributed by atoms with van der Waals surface area (Å²) in [7, 11) is 0. The third-order valence-electron chi connectivity index (χ3n) is 2.59. The molecule has 0 atom stereocenters. The van der Waals surface area contributed by atoms with Gasteiger partial charge in [-0.15, -0.1) is 0 Å². The number of aryl methyl sites for hydroxylation is 2. The molecule has 100 valence electrons. The van der Waals surface area contributed by atoms with Crippen LogP contribution < -0.4 is 10.6 Å². The molecule has 0 saturated heterocycles. The molecule has 0 saturated carbocycles. The van der Waals surface area contributed by atoms with Crippen molar-refractivity contribution in [3.05, 3.63) is 42.7 Å². The molecule has 0 fully saturated rings. The number of imidazole rings is 1. The number of rotatable bonds is 5. The maximum absolute atomic E-state index is 11.6. The maximum atomic E-state index is 11.6. The molecule has 6 nitrogen and oxygen atoms in total. The van der Waals surface area contributed by atoms with E-state index in [1.54, 1.807) is 24.8 Å². The van der Waals surface area contributed by atoms with Crippen LogP contribution in [0.4, 0.5) is 10.5 Å². The lowest BCUT2D eigenvalue weighted by molar-refractivity contribution is 0.252. The number of hydrogen-bond acceptors (Lipinski definition) is 3. The summed E-state index contributed by atoms with van der Waals surface area (Å²) in [5.41, 5.74) is 1.62. The molecule has 0 aromatic carbocycles. The van der Waals surface area contributed by atoms with Crippen LogP contribution in [-0.2, 0) is 6.54 Å². The molecular formula is C13H17N5O. The Morgan fingerprint density at radius 1 is 1.42 bits per heavy atom. The minimum atomic E-state index is -0.198. The fourth-order valence-corrected chi connectivity index (χ4v) is 1.68. The first-order chi connectivity index (χ1) is 9.24. The Bertz CT molecular complexity index is 524.